The van der Waals surface area contributed by atoms with Crippen molar-refractivity contribution in [1.29, 1.82) is 5.26 Å². The molecule has 0 atom stereocenters. The van der Waals surface area contributed by atoms with Gasteiger partial charge in [-0.2, -0.15) is 18.4 Å². The molecule has 14 heteroatoms. The van der Waals surface area contributed by atoms with Gasteiger partial charge in [0.25, 0.3) is 5.91 Å². The van der Waals surface area contributed by atoms with Crippen LogP contribution >= 0.6 is 12.2 Å². The summed E-state index contributed by atoms with van der Waals surface area (Å²) >= 11 is 5.56. The molecular formula is C34H41F3N6O4S. The van der Waals surface area contributed by atoms with E-state index in [0.717, 1.165) is 34.8 Å². The Bertz CT molecular complexity index is 1570. The first-order valence-corrected chi connectivity index (χ1v) is 17.1. The number of nitrogens with zero attached hydrogens (tertiary/aromatic N) is 6. The Labute approximate surface area is 283 Å². The molecule has 0 unspecified atom stereocenters. The van der Waals surface area contributed by atoms with Gasteiger partial charge in [0.05, 0.1) is 55.3 Å². The molecule has 1 aromatic heterocycles. The van der Waals surface area contributed by atoms with Crippen molar-refractivity contribution < 1.29 is 32.2 Å². The molecule has 5 fully saturated rings. The van der Waals surface area contributed by atoms with E-state index in [1.165, 1.54) is 44.6 Å². The Balaban J connectivity index is 0.915. The monoisotopic (exact) mass is 686 g/mol. The van der Waals surface area contributed by atoms with E-state index >= 15 is 0 Å². The lowest BCUT2D eigenvalue weighted by Crippen LogP contribution is -2.47. The molecule has 1 aliphatic heterocycles. The standard InChI is InChI=1S/C34H41F3N6O4S/c1-32(2)30(45)43(27-6-5-25(19-38)28(14-27)34(35,36)37)31(48)42(32)8-3-7-41-20-26(39-40-41)21-46-9-4-10-47-29(44)18-33-15-22-11-23(16-33)13-24(12-22)17-33/h5-6,14,20,22-24H,3-4,7-13,15-18,21H2,1-2H3. The molecule has 7 rings (SSSR count). The summed E-state index contributed by atoms with van der Waals surface area (Å²) in [5, 5.41) is 17.5. The quantitative estimate of drug-likeness (QED) is 0.142. The van der Waals surface area contributed by atoms with Crippen LogP contribution in [0.5, 0.6) is 0 Å². The highest BCUT2D eigenvalue weighted by molar-refractivity contribution is 7.80. The van der Waals surface area contributed by atoms with Crippen LogP contribution in [0.1, 0.15) is 88.5 Å². The highest BCUT2D eigenvalue weighted by Gasteiger charge is 2.52. The molecule has 1 amide bonds. The second-order valence-electron chi connectivity index (χ2n) is 14.5. The zero-order valence-electron chi connectivity index (χ0n) is 27.3. The number of aryl methyl sites for hydroxylation is 1. The lowest BCUT2D eigenvalue weighted by Gasteiger charge is -2.56. The van der Waals surface area contributed by atoms with Crippen LogP contribution in [0.25, 0.3) is 0 Å². The highest BCUT2D eigenvalue weighted by atomic mass is 32.1. The maximum atomic E-state index is 13.6. The van der Waals surface area contributed by atoms with E-state index in [-0.39, 0.29) is 28.8 Å². The van der Waals surface area contributed by atoms with E-state index in [9.17, 15) is 22.8 Å². The zero-order chi connectivity index (χ0) is 34.3. The SMILES string of the molecule is CC1(C)C(=O)N(c2ccc(C#N)c(C(F)(F)F)c2)C(=S)N1CCCn1cc(COCCCOC(=O)CC23CC4CC(CC(C4)C2)C3)nn1. The van der Waals surface area contributed by atoms with Crippen LogP contribution < -0.4 is 4.90 Å². The largest absolute Gasteiger partial charge is 0.466 e. The van der Waals surface area contributed by atoms with E-state index in [2.05, 4.69) is 10.3 Å². The average Bonchev–Trinajstić information content (AvgIpc) is 3.52. The Morgan fingerprint density at radius 1 is 1.08 bits per heavy atom. The summed E-state index contributed by atoms with van der Waals surface area (Å²) in [5.74, 6) is 1.89. The summed E-state index contributed by atoms with van der Waals surface area (Å²) in [6.45, 7) is 5.18. The third-order valence-corrected chi connectivity index (χ3v) is 10.9. The van der Waals surface area contributed by atoms with Crippen LogP contribution in [0.4, 0.5) is 18.9 Å². The molecule has 4 bridgehead atoms. The Kier molecular flexibility index (Phi) is 9.56. The Hall–Kier alpha value is -3.57. The number of aromatic nitrogens is 3. The molecule has 1 saturated heterocycles. The van der Waals surface area contributed by atoms with E-state index in [0.29, 0.717) is 51.3 Å². The summed E-state index contributed by atoms with van der Waals surface area (Å²) in [7, 11) is 0. The van der Waals surface area contributed by atoms with Crippen LogP contribution in [0.15, 0.2) is 24.4 Å². The fourth-order valence-electron chi connectivity index (χ4n) is 8.73. The molecule has 2 heterocycles. The summed E-state index contributed by atoms with van der Waals surface area (Å²) in [6.07, 6.45) is 6.33. The van der Waals surface area contributed by atoms with Gasteiger partial charge in [0.1, 0.15) is 11.2 Å². The molecule has 0 radical (unpaired) electrons. The van der Waals surface area contributed by atoms with Crippen molar-refractivity contribution in [3.8, 4) is 6.07 Å². The van der Waals surface area contributed by atoms with Gasteiger partial charge in [0.15, 0.2) is 5.11 Å². The van der Waals surface area contributed by atoms with Crippen molar-refractivity contribution >= 4 is 34.9 Å². The Morgan fingerprint density at radius 3 is 2.42 bits per heavy atom. The molecule has 4 aliphatic carbocycles. The highest BCUT2D eigenvalue weighted by Crippen LogP contribution is 2.61. The molecule has 258 valence electrons. The van der Waals surface area contributed by atoms with Crippen LogP contribution in [0, 0.1) is 34.5 Å². The number of halogens is 3. The zero-order valence-corrected chi connectivity index (χ0v) is 28.1. The van der Waals surface area contributed by atoms with Gasteiger partial charge in [-0.05, 0) is 112 Å². The number of rotatable bonds is 13. The van der Waals surface area contributed by atoms with Gasteiger partial charge in [-0.3, -0.25) is 19.2 Å². The summed E-state index contributed by atoms with van der Waals surface area (Å²) < 4.78 is 53.7. The lowest BCUT2D eigenvalue weighted by atomic mass is 9.49. The van der Waals surface area contributed by atoms with Gasteiger partial charge in [-0.1, -0.05) is 5.21 Å². The van der Waals surface area contributed by atoms with Gasteiger partial charge in [-0.15, -0.1) is 5.10 Å². The van der Waals surface area contributed by atoms with Crippen molar-refractivity contribution in [2.24, 2.45) is 23.2 Å². The number of hydrogen-bond acceptors (Lipinski definition) is 8. The molecular weight excluding hydrogens is 645 g/mol. The van der Waals surface area contributed by atoms with Crippen molar-refractivity contribution in [2.45, 2.75) is 96.5 Å². The molecule has 0 spiro atoms. The number of anilines is 1. The van der Waals surface area contributed by atoms with Crippen LogP contribution in [-0.4, -0.2) is 62.2 Å². The van der Waals surface area contributed by atoms with E-state index in [1.807, 2.05) is 0 Å². The predicted octanol–water partition coefficient (Wildman–Crippen LogP) is 6.03. The van der Waals surface area contributed by atoms with Crippen molar-refractivity contribution in [2.75, 3.05) is 24.7 Å². The molecule has 4 saturated carbocycles. The van der Waals surface area contributed by atoms with Gasteiger partial charge in [-0.25, -0.2) is 0 Å². The number of hydrogen-bond donors (Lipinski definition) is 0. The third-order valence-electron chi connectivity index (χ3n) is 10.5. The average molecular weight is 687 g/mol. The normalized spacial score (nSPS) is 26.0. The van der Waals surface area contributed by atoms with E-state index < -0.39 is 28.7 Å². The predicted molar refractivity (Wildman–Crippen MR) is 172 cm³/mol. The summed E-state index contributed by atoms with van der Waals surface area (Å²) in [5.41, 5.74) is -1.95. The number of esters is 1. The minimum absolute atomic E-state index is 0.0384. The van der Waals surface area contributed by atoms with Crippen LogP contribution in [0.3, 0.4) is 0 Å². The first-order valence-electron chi connectivity index (χ1n) is 16.7. The summed E-state index contributed by atoms with van der Waals surface area (Å²) in [6, 6.07) is 4.69. The number of carbonyl (C=O) groups excluding carboxylic acids is 2. The number of benzene rings is 1. The number of nitriles is 1. The minimum atomic E-state index is -4.76. The number of ether oxygens (including phenoxy) is 2. The maximum Gasteiger partial charge on any atom is 0.417 e. The first-order chi connectivity index (χ1) is 22.8. The Morgan fingerprint density at radius 2 is 1.77 bits per heavy atom. The fourth-order valence-corrected chi connectivity index (χ4v) is 9.24. The maximum absolute atomic E-state index is 13.6. The van der Waals surface area contributed by atoms with E-state index in [4.69, 9.17) is 27.0 Å². The molecule has 0 N–H and O–H groups in total. The molecule has 2 aromatic rings. The second-order valence-corrected chi connectivity index (χ2v) is 14.9. The van der Waals surface area contributed by atoms with Gasteiger partial charge < -0.3 is 14.4 Å². The molecule has 5 aliphatic rings. The molecule has 1 aromatic carbocycles. The van der Waals surface area contributed by atoms with Gasteiger partial charge >= 0.3 is 12.1 Å². The fraction of sp³-hybridized carbons (Fsp3) is 0.647. The topological polar surface area (TPSA) is 114 Å². The first kappa shape index (κ1) is 34.3. The summed E-state index contributed by atoms with van der Waals surface area (Å²) in [4.78, 5) is 28.7. The number of thiocarbonyl (C=S) groups is 1. The smallest absolute Gasteiger partial charge is 0.417 e. The van der Waals surface area contributed by atoms with Crippen LogP contribution in [0.2, 0.25) is 0 Å². The second kappa shape index (κ2) is 13.4. The van der Waals surface area contributed by atoms with Gasteiger partial charge in [0, 0.05) is 19.5 Å². The number of amides is 1. The lowest BCUT2D eigenvalue weighted by molar-refractivity contribution is -0.152. The van der Waals surface area contributed by atoms with Crippen molar-refractivity contribution in [1.82, 2.24) is 19.9 Å². The third kappa shape index (κ3) is 7.08. The van der Waals surface area contributed by atoms with E-state index in [1.54, 1.807) is 35.7 Å². The van der Waals surface area contributed by atoms with Crippen LogP contribution in [-0.2, 0) is 38.4 Å². The van der Waals surface area contributed by atoms with Crippen molar-refractivity contribution in [3.63, 3.8) is 0 Å². The molecule has 48 heavy (non-hydrogen) atoms. The minimum Gasteiger partial charge on any atom is -0.466 e. The molecule has 10 nitrogen and oxygen atoms in total. The van der Waals surface area contributed by atoms with Gasteiger partial charge in [0.2, 0.25) is 0 Å². The van der Waals surface area contributed by atoms with Crippen molar-refractivity contribution in [3.05, 3.63) is 41.2 Å². The number of carbonyl (C=O) groups is 2. The number of alkyl halides is 3.